The first kappa shape index (κ1) is 28.4. The fourth-order valence-electron chi connectivity index (χ4n) is 3.54. The van der Waals surface area contributed by atoms with Crippen LogP contribution in [0.15, 0.2) is 72.8 Å². The lowest BCUT2D eigenvalue weighted by Crippen LogP contribution is -2.23. The zero-order valence-electron chi connectivity index (χ0n) is 21.0. The molecule has 7 nitrogen and oxygen atoms in total. The molecule has 0 aliphatic rings. The van der Waals surface area contributed by atoms with Gasteiger partial charge in [-0.3, -0.25) is 4.79 Å². The van der Waals surface area contributed by atoms with E-state index in [-0.39, 0.29) is 22.7 Å². The topological polar surface area (TPSA) is 99.1 Å². The van der Waals surface area contributed by atoms with Gasteiger partial charge in [0.1, 0.15) is 22.5 Å². The molecule has 9 heteroatoms. The van der Waals surface area contributed by atoms with Crippen molar-refractivity contribution in [3.05, 3.63) is 89.5 Å². The molecule has 3 aromatic rings. The maximum atomic E-state index is 12.5. The van der Waals surface area contributed by atoms with Crippen molar-refractivity contribution in [2.24, 2.45) is 0 Å². The molecule has 0 bridgehead atoms. The number of carbonyl (C=O) groups is 1. The molecule has 1 unspecified atom stereocenters. The summed E-state index contributed by atoms with van der Waals surface area (Å²) in [6.07, 6.45) is 3.08. The van der Waals surface area contributed by atoms with E-state index in [1.54, 1.807) is 48.2 Å². The number of aromatic hydroxyl groups is 1. The van der Waals surface area contributed by atoms with Crippen LogP contribution < -0.4 is 8.92 Å². The molecular formula is C28H32O7S2. The van der Waals surface area contributed by atoms with Crippen LogP contribution in [0, 0.1) is 0 Å². The third kappa shape index (κ3) is 10.4. The summed E-state index contributed by atoms with van der Waals surface area (Å²) >= 11 is 1.58. The number of thioether (sulfide) groups is 1. The summed E-state index contributed by atoms with van der Waals surface area (Å²) in [5, 5.41) is 9.14. The van der Waals surface area contributed by atoms with Crippen LogP contribution in [0.5, 0.6) is 17.2 Å². The first-order chi connectivity index (χ1) is 17.7. The molecule has 0 saturated heterocycles. The predicted octanol–water partition coefficient (Wildman–Crippen LogP) is 4.80. The van der Waals surface area contributed by atoms with Crippen LogP contribution in [0.25, 0.3) is 0 Å². The van der Waals surface area contributed by atoms with Crippen molar-refractivity contribution in [2.75, 3.05) is 25.2 Å². The van der Waals surface area contributed by atoms with Gasteiger partial charge in [0.15, 0.2) is 0 Å². The van der Waals surface area contributed by atoms with Gasteiger partial charge in [0.05, 0.1) is 19.5 Å². The zero-order valence-corrected chi connectivity index (χ0v) is 22.6. The van der Waals surface area contributed by atoms with Crippen LogP contribution in [-0.4, -0.2) is 50.0 Å². The molecule has 1 atom stereocenters. The summed E-state index contributed by atoms with van der Waals surface area (Å²) in [7, 11) is -3.56. The first-order valence-electron chi connectivity index (χ1n) is 12.0. The largest absolute Gasteiger partial charge is 0.508 e. The number of hydrogen-bond donors (Lipinski definition) is 1. The summed E-state index contributed by atoms with van der Waals surface area (Å²) in [4.78, 5) is 12.5. The fourth-order valence-corrected chi connectivity index (χ4v) is 5.15. The van der Waals surface area contributed by atoms with Crippen molar-refractivity contribution in [2.45, 2.75) is 31.4 Å². The van der Waals surface area contributed by atoms with E-state index in [0.717, 1.165) is 35.1 Å². The molecule has 0 fully saturated rings. The van der Waals surface area contributed by atoms with Gasteiger partial charge in [-0.25, -0.2) is 0 Å². The molecule has 0 saturated carbocycles. The zero-order chi connectivity index (χ0) is 26.7. The van der Waals surface area contributed by atoms with E-state index in [1.807, 2.05) is 43.3 Å². The van der Waals surface area contributed by atoms with E-state index in [1.165, 1.54) is 0 Å². The average molecular weight is 545 g/mol. The molecule has 0 aliphatic carbocycles. The molecule has 0 amide bonds. The van der Waals surface area contributed by atoms with E-state index >= 15 is 0 Å². The number of phenolic OH excluding ortho intramolecular Hbond substituents is 1. The summed E-state index contributed by atoms with van der Waals surface area (Å²) in [5.41, 5.74) is 3.27. The lowest BCUT2D eigenvalue weighted by atomic mass is 10.1. The van der Waals surface area contributed by atoms with E-state index in [0.29, 0.717) is 31.8 Å². The molecule has 0 heterocycles. The Hall–Kier alpha value is -3.17. The SMILES string of the molecule is CCOC(=O)C(Cc1ccc(CCOc2ccc(OS(C)(=O)=O)cc2)cc1)SCCc1ccc(O)cc1. The number of aryl methyl sites for hydroxylation is 1. The standard InChI is InChI=1S/C28H32O7S2/c1-3-33-28(30)27(36-19-17-22-8-10-24(29)11-9-22)20-23-6-4-21(5-7-23)16-18-34-25-12-14-26(15-13-25)35-37(2,31)32/h4-15,27,29H,3,16-20H2,1-2H3. The van der Waals surface area contributed by atoms with Gasteiger partial charge >= 0.3 is 16.1 Å². The second kappa shape index (κ2) is 13.9. The highest BCUT2D eigenvalue weighted by Crippen LogP contribution is 2.22. The highest BCUT2D eigenvalue weighted by atomic mass is 32.2. The Morgan fingerprint density at radius 1 is 0.865 bits per heavy atom. The quantitative estimate of drug-likeness (QED) is 0.228. The maximum Gasteiger partial charge on any atom is 0.319 e. The highest BCUT2D eigenvalue weighted by Gasteiger charge is 2.21. The van der Waals surface area contributed by atoms with Crippen molar-refractivity contribution < 1.29 is 32.0 Å². The first-order valence-corrected chi connectivity index (χ1v) is 14.8. The Morgan fingerprint density at radius 3 is 2.05 bits per heavy atom. The molecule has 198 valence electrons. The number of hydrogen-bond acceptors (Lipinski definition) is 8. The summed E-state index contributed by atoms with van der Waals surface area (Å²) in [5.74, 6) is 1.67. The van der Waals surface area contributed by atoms with Crippen LogP contribution in [-0.2, 0) is 38.9 Å². The van der Waals surface area contributed by atoms with Gasteiger partial charge < -0.3 is 18.8 Å². The predicted molar refractivity (Wildman–Crippen MR) is 146 cm³/mol. The van der Waals surface area contributed by atoms with Crippen LogP contribution in [0.3, 0.4) is 0 Å². The molecule has 0 spiro atoms. The van der Waals surface area contributed by atoms with Crippen molar-refractivity contribution in [3.8, 4) is 17.2 Å². The van der Waals surface area contributed by atoms with Gasteiger partial charge in [0.25, 0.3) is 0 Å². The molecule has 0 radical (unpaired) electrons. The summed E-state index contributed by atoms with van der Waals surface area (Å²) in [6, 6.07) is 21.7. The molecule has 3 aromatic carbocycles. The molecule has 37 heavy (non-hydrogen) atoms. The van der Waals surface area contributed by atoms with E-state index in [2.05, 4.69) is 0 Å². The summed E-state index contributed by atoms with van der Waals surface area (Å²) < 4.78 is 38.2. The van der Waals surface area contributed by atoms with Gasteiger partial charge in [0, 0.05) is 6.42 Å². The number of ether oxygens (including phenoxy) is 2. The van der Waals surface area contributed by atoms with Gasteiger partial charge in [-0.05, 0) is 78.6 Å². The smallest absolute Gasteiger partial charge is 0.319 e. The monoisotopic (exact) mass is 544 g/mol. The average Bonchev–Trinajstić information content (AvgIpc) is 2.86. The number of carbonyl (C=O) groups excluding carboxylic acids is 1. The van der Waals surface area contributed by atoms with Crippen LogP contribution in [0.1, 0.15) is 23.6 Å². The molecule has 3 rings (SSSR count). The van der Waals surface area contributed by atoms with Crippen molar-refractivity contribution in [3.63, 3.8) is 0 Å². The number of rotatable bonds is 14. The van der Waals surface area contributed by atoms with Crippen molar-refractivity contribution >= 4 is 27.8 Å². The highest BCUT2D eigenvalue weighted by molar-refractivity contribution is 8.00. The van der Waals surface area contributed by atoms with Gasteiger partial charge in [-0.2, -0.15) is 8.42 Å². The lowest BCUT2D eigenvalue weighted by Gasteiger charge is -2.16. The van der Waals surface area contributed by atoms with Crippen LogP contribution in [0.2, 0.25) is 0 Å². The second-order valence-corrected chi connectivity index (χ2v) is 11.3. The molecular weight excluding hydrogens is 512 g/mol. The van der Waals surface area contributed by atoms with Crippen LogP contribution in [0.4, 0.5) is 0 Å². The van der Waals surface area contributed by atoms with Crippen molar-refractivity contribution in [1.29, 1.82) is 0 Å². The third-order valence-electron chi connectivity index (χ3n) is 5.37. The molecule has 0 aliphatic heterocycles. The van der Waals surface area contributed by atoms with E-state index < -0.39 is 10.1 Å². The van der Waals surface area contributed by atoms with Crippen molar-refractivity contribution in [1.82, 2.24) is 0 Å². The van der Waals surface area contributed by atoms with Crippen LogP contribution >= 0.6 is 11.8 Å². The number of benzene rings is 3. The van der Waals surface area contributed by atoms with Gasteiger partial charge in [0.2, 0.25) is 0 Å². The minimum Gasteiger partial charge on any atom is -0.508 e. The fraction of sp³-hybridized carbons (Fsp3) is 0.321. The van der Waals surface area contributed by atoms with Gasteiger partial charge in [-0.1, -0.05) is 36.4 Å². The van der Waals surface area contributed by atoms with E-state index in [9.17, 15) is 18.3 Å². The summed E-state index contributed by atoms with van der Waals surface area (Å²) in [6.45, 7) is 2.62. The second-order valence-electron chi connectivity index (χ2n) is 8.41. The lowest BCUT2D eigenvalue weighted by molar-refractivity contribution is -0.142. The Bertz CT molecular complexity index is 1220. The molecule has 1 N–H and O–H groups in total. The van der Waals surface area contributed by atoms with E-state index in [4.69, 9.17) is 13.7 Å². The number of phenols is 1. The minimum atomic E-state index is -3.56. The Labute approximate surface area is 222 Å². The number of esters is 1. The molecule has 0 aromatic heterocycles. The van der Waals surface area contributed by atoms with Gasteiger partial charge in [-0.15, -0.1) is 11.8 Å². The Kier molecular flexibility index (Phi) is 10.7. The minimum absolute atomic E-state index is 0.205. The third-order valence-corrected chi connectivity index (χ3v) is 7.07. The normalized spacial score (nSPS) is 12.1. The Balaban J connectivity index is 1.48. The Morgan fingerprint density at radius 2 is 1.43 bits per heavy atom. The maximum absolute atomic E-state index is 12.5.